The number of fused-ring (bicyclic) bond motifs is 1. The summed E-state index contributed by atoms with van der Waals surface area (Å²) in [6.45, 7) is 1.39. The third kappa shape index (κ3) is 2.09. The van der Waals surface area contributed by atoms with E-state index >= 15 is 0 Å². The average Bonchev–Trinajstić information content (AvgIpc) is 3.40. The van der Waals surface area contributed by atoms with Gasteiger partial charge in [-0.2, -0.15) is 5.10 Å². The molecule has 3 fully saturated rings. The molecule has 4 atom stereocenters. The van der Waals surface area contributed by atoms with Gasteiger partial charge in [-0.15, -0.1) is 0 Å². The van der Waals surface area contributed by atoms with E-state index < -0.39 is 0 Å². The molecule has 1 spiro atoms. The standard InChI is InChI=1S/C18H20N4O3/c23-8-13-14-7-21(9-18(14)6-5-16(13)25-18)17(24)12-3-1-2-4-15(12)22-11-19-10-20-22/h1-4,10-11,13-14,16,23H,5-9H2/t13-,14+,16+,18+/m1/s1. The van der Waals surface area contributed by atoms with Crippen LogP contribution in [0.1, 0.15) is 23.2 Å². The first-order valence-corrected chi connectivity index (χ1v) is 8.74. The minimum atomic E-state index is -0.254. The number of likely N-dealkylation sites (tertiary alicyclic amines) is 1. The number of hydrogen-bond acceptors (Lipinski definition) is 5. The van der Waals surface area contributed by atoms with E-state index in [-0.39, 0.29) is 36.1 Å². The molecular formula is C18H20N4O3. The zero-order chi connectivity index (χ0) is 17.0. The molecule has 0 saturated carbocycles. The molecule has 25 heavy (non-hydrogen) atoms. The number of hydrogen-bond donors (Lipinski definition) is 1. The van der Waals surface area contributed by atoms with Crippen molar-refractivity contribution in [2.24, 2.45) is 11.8 Å². The summed E-state index contributed by atoms with van der Waals surface area (Å²) in [4.78, 5) is 19.1. The molecule has 1 aromatic carbocycles. The van der Waals surface area contributed by atoms with E-state index in [1.54, 1.807) is 11.0 Å². The molecule has 3 aliphatic rings. The number of aliphatic hydroxyl groups is 1. The number of carbonyl (C=O) groups is 1. The van der Waals surface area contributed by atoms with Crippen molar-refractivity contribution in [3.05, 3.63) is 42.5 Å². The maximum atomic E-state index is 13.2. The molecule has 2 bridgehead atoms. The fraction of sp³-hybridized carbons (Fsp3) is 0.500. The van der Waals surface area contributed by atoms with Crippen molar-refractivity contribution in [3.63, 3.8) is 0 Å². The van der Waals surface area contributed by atoms with Crippen molar-refractivity contribution in [2.75, 3.05) is 19.7 Å². The summed E-state index contributed by atoms with van der Waals surface area (Å²) in [5.41, 5.74) is 1.08. The predicted octanol–water partition coefficient (Wildman–Crippen LogP) is 0.879. The Bertz CT molecular complexity index is 808. The summed E-state index contributed by atoms with van der Waals surface area (Å²) in [5.74, 6) is 0.370. The summed E-state index contributed by atoms with van der Waals surface area (Å²) < 4.78 is 7.84. The van der Waals surface area contributed by atoms with Crippen LogP contribution >= 0.6 is 0 Å². The number of rotatable bonds is 3. The number of aromatic nitrogens is 3. The Kier molecular flexibility index (Phi) is 3.23. The summed E-state index contributed by atoms with van der Waals surface area (Å²) in [6, 6.07) is 7.45. The van der Waals surface area contributed by atoms with E-state index in [0.29, 0.717) is 18.7 Å². The highest BCUT2D eigenvalue weighted by molar-refractivity contribution is 5.98. The smallest absolute Gasteiger partial charge is 0.256 e. The molecule has 130 valence electrons. The van der Waals surface area contributed by atoms with Gasteiger partial charge in [0.1, 0.15) is 12.7 Å². The van der Waals surface area contributed by atoms with Crippen LogP contribution < -0.4 is 0 Å². The highest BCUT2D eigenvalue weighted by Crippen LogP contribution is 2.54. The quantitative estimate of drug-likeness (QED) is 0.897. The fourth-order valence-electron chi connectivity index (χ4n) is 4.95. The summed E-state index contributed by atoms with van der Waals surface area (Å²) in [6.07, 6.45) is 5.18. The van der Waals surface area contributed by atoms with Crippen LogP contribution in [0.25, 0.3) is 5.69 Å². The normalized spacial score (nSPS) is 33.0. The van der Waals surface area contributed by atoms with Crippen molar-refractivity contribution < 1.29 is 14.6 Å². The van der Waals surface area contributed by atoms with Gasteiger partial charge in [-0.3, -0.25) is 4.79 Å². The topological polar surface area (TPSA) is 80.5 Å². The van der Waals surface area contributed by atoms with Gasteiger partial charge in [-0.1, -0.05) is 12.1 Å². The predicted molar refractivity (Wildman–Crippen MR) is 88.2 cm³/mol. The van der Waals surface area contributed by atoms with Crippen molar-refractivity contribution in [3.8, 4) is 5.69 Å². The lowest BCUT2D eigenvalue weighted by Crippen LogP contribution is -2.38. The van der Waals surface area contributed by atoms with Crippen LogP contribution in [0.15, 0.2) is 36.9 Å². The lowest BCUT2D eigenvalue weighted by Gasteiger charge is -2.27. The molecule has 0 aliphatic carbocycles. The van der Waals surface area contributed by atoms with Crippen LogP contribution in [-0.2, 0) is 4.74 Å². The number of ether oxygens (including phenoxy) is 1. The number of nitrogens with zero attached hydrogens (tertiary/aromatic N) is 4. The third-order valence-electron chi connectivity index (χ3n) is 6.08. The van der Waals surface area contributed by atoms with Gasteiger partial charge in [-0.05, 0) is 25.0 Å². The van der Waals surface area contributed by atoms with E-state index in [1.807, 2.05) is 29.2 Å². The Morgan fingerprint density at radius 2 is 2.28 bits per heavy atom. The number of carbonyl (C=O) groups excluding carboxylic acids is 1. The van der Waals surface area contributed by atoms with E-state index in [0.717, 1.165) is 18.5 Å². The van der Waals surface area contributed by atoms with Gasteiger partial charge in [0.15, 0.2) is 0 Å². The van der Waals surface area contributed by atoms with E-state index in [4.69, 9.17) is 4.74 Å². The maximum absolute atomic E-state index is 13.2. The Labute approximate surface area is 145 Å². The third-order valence-corrected chi connectivity index (χ3v) is 6.08. The van der Waals surface area contributed by atoms with E-state index in [9.17, 15) is 9.90 Å². The molecule has 3 saturated heterocycles. The Morgan fingerprint density at radius 1 is 1.40 bits per heavy atom. The van der Waals surface area contributed by atoms with Crippen molar-refractivity contribution >= 4 is 5.91 Å². The van der Waals surface area contributed by atoms with Gasteiger partial charge in [-0.25, -0.2) is 9.67 Å². The van der Waals surface area contributed by atoms with Crippen LogP contribution in [0, 0.1) is 11.8 Å². The molecule has 1 aromatic heterocycles. The second-order valence-electron chi connectivity index (χ2n) is 7.26. The molecular weight excluding hydrogens is 320 g/mol. The van der Waals surface area contributed by atoms with Gasteiger partial charge in [0.25, 0.3) is 5.91 Å². The molecule has 0 unspecified atom stereocenters. The first kappa shape index (κ1) is 15.0. The number of para-hydroxylation sites is 1. The molecule has 7 nitrogen and oxygen atoms in total. The second kappa shape index (κ2) is 5.37. The minimum Gasteiger partial charge on any atom is -0.396 e. The number of aliphatic hydroxyl groups excluding tert-OH is 1. The average molecular weight is 340 g/mol. The number of amides is 1. The maximum Gasteiger partial charge on any atom is 0.256 e. The van der Waals surface area contributed by atoms with Crippen molar-refractivity contribution in [1.82, 2.24) is 19.7 Å². The number of benzene rings is 1. The van der Waals surface area contributed by atoms with E-state index in [1.165, 1.54) is 6.33 Å². The van der Waals surface area contributed by atoms with Crippen LogP contribution in [0.2, 0.25) is 0 Å². The molecule has 4 heterocycles. The Hall–Kier alpha value is -2.25. The van der Waals surface area contributed by atoms with Gasteiger partial charge < -0.3 is 14.7 Å². The van der Waals surface area contributed by atoms with Gasteiger partial charge in [0.2, 0.25) is 0 Å². The highest BCUT2D eigenvalue weighted by Gasteiger charge is 2.63. The lowest BCUT2D eigenvalue weighted by molar-refractivity contribution is 0.00154. The van der Waals surface area contributed by atoms with Gasteiger partial charge in [0, 0.05) is 25.0 Å². The van der Waals surface area contributed by atoms with Crippen LogP contribution in [0.5, 0.6) is 0 Å². The first-order chi connectivity index (χ1) is 12.2. The van der Waals surface area contributed by atoms with Crippen molar-refractivity contribution in [1.29, 1.82) is 0 Å². The summed E-state index contributed by atoms with van der Waals surface area (Å²) >= 11 is 0. The zero-order valence-electron chi connectivity index (χ0n) is 13.8. The van der Waals surface area contributed by atoms with Crippen LogP contribution in [0.4, 0.5) is 0 Å². The highest BCUT2D eigenvalue weighted by atomic mass is 16.5. The zero-order valence-corrected chi connectivity index (χ0v) is 13.8. The first-order valence-electron chi connectivity index (χ1n) is 8.74. The van der Waals surface area contributed by atoms with Crippen molar-refractivity contribution in [2.45, 2.75) is 24.5 Å². The van der Waals surface area contributed by atoms with Gasteiger partial charge >= 0.3 is 0 Å². The van der Waals surface area contributed by atoms with E-state index in [2.05, 4.69) is 10.1 Å². The van der Waals surface area contributed by atoms with Crippen LogP contribution in [0.3, 0.4) is 0 Å². The molecule has 0 radical (unpaired) electrons. The minimum absolute atomic E-state index is 0.0152. The monoisotopic (exact) mass is 340 g/mol. The summed E-state index contributed by atoms with van der Waals surface area (Å²) in [5, 5.41) is 13.9. The molecule has 1 amide bonds. The largest absolute Gasteiger partial charge is 0.396 e. The fourth-order valence-corrected chi connectivity index (χ4v) is 4.95. The van der Waals surface area contributed by atoms with Crippen LogP contribution in [-0.4, -0.2) is 62.1 Å². The molecule has 2 aromatic rings. The Balaban J connectivity index is 1.46. The Morgan fingerprint density at radius 3 is 3.08 bits per heavy atom. The molecule has 5 rings (SSSR count). The molecule has 3 aliphatic heterocycles. The molecule has 1 N–H and O–H groups in total. The van der Waals surface area contributed by atoms with Gasteiger partial charge in [0.05, 0.1) is 29.5 Å². The molecule has 7 heteroatoms. The SMILES string of the molecule is O=C(c1ccccc1-n1cncn1)N1C[C@H]2[C@@H](CO)[C@@H]3CC[C@@]2(C1)O3. The summed E-state index contributed by atoms with van der Waals surface area (Å²) in [7, 11) is 0. The second-order valence-corrected chi connectivity index (χ2v) is 7.26. The lowest BCUT2D eigenvalue weighted by atomic mass is 9.74.